The van der Waals surface area contributed by atoms with Crippen LogP contribution in [0.5, 0.6) is 5.75 Å². The lowest BCUT2D eigenvalue weighted by molar-refractivity contribution is 0.175. The highest BCUT2D eigenvalue weighted by molar-refractivity contribution is 6.30. The van der Waals surface area contributed by atoms with Gasteiger partial charge in [-0.1, -0.05) is 16.7 Å². The van der Waals surface area contributed by atoms with E-state index in [0.717, 1.165) is 18.6 Å². The number of urea groups is 1. The molecular formula is C14H17ClN6O2. The first-order chi connectivity index (χ1) is 11.1. The minimum atomic E-state index is -0.236. The maximum Gasteiger partial charge on any atom is 0.324 e. The Kier molecular flexibility index (Phi) is 4.61. The van der Waals surface area contributed by atoms with Gasteiger partial charge in [-0.05, 0) is 42.3 Å². The molecule has 2 amide bonds. The smallest absolute Gasteiger partial charge is 0.324 e. The van der Waals surface area contributed by atoms with Crippen molar-refractivity contribution in [2.75, 3.05) is 18.5 Å². The Morgan fingerprint density at radius 1 is 1.43 bits per heavy atom. The number of carbonyl (C=O) groups excluding carboxylic acids is 1. The van der Waals surface area contributed by atoms with E-state index in [1.54, 1.807) is 24.1 Å². The van der Waals surface area contributed by atoms with Gasteiger partial charge >= 0.3 is 6.03 Å². The van der Waals surface area contributed by atoms with E-state index in [0.29, 0.717) is 18.2 Å². The molecule has 1 N–H and O–H groups in total. The number of halogens is 1. The summed E-state index contributed by atoms with van der Waals surface area (Å²) in [5.74, 6) is 0.930. The minimum absolute atomic E-state index is 0.0161. The zero-order valence-corrected chi connectivity index (χ0v) is 13.4. The van der Waals surface area contributed by atoms with Gasteiger partial charge in [-0.2, -0.15) is 4.80 Å². The highest BCUT2D eigenvalue weighted by Crippen LogP contribution is 2.21. The average molecular weight is 337 g/mol. The number of amides is 2. The van der Waals surface area contributed by atoms with Crippen LogP contribution in [0.1, 0.15) is 12.8 Å². The van der Waals surface area contributed by atoms with E-state index in [4.69, 9.17) is 16.3 Å². The van der Waals surface area contributed by atoms with Crippen molar-refractivity contribution in [2.45, 2.75) is 18.9 Å². The SMILES string of the molecule is Cn1nnc(NC(=O)N2CCCC2COc2ccc(Cl)cc2)n1. The van der Waals surface area contributed by atoms with Crippen molar-refractivity contribution in [3.63, 3.8) is 0 Å². The molecule has 0 spiro atoms. The molecule has 2 heterocycles. The monoisotopic (exact) mass is 336 g/mol. The number of aryl methyl sites for hydroxylation is 1. The number of likely N-dealkylation sites (tertiary alicyclic amines) is 1. The third-order valence-corrected chi connectivity index (χ3v) is 3.87. The number of anilines is 1. The number of benzene rings is 1. The molecule has 0 radical (unpaired) electrons. The van der Waals surface area contributed by atoms with Crippen molar-refractivity contribution in [2.24, 2.45) is 7.05 Å². The molecule has 1 aliphatic rings. The minimum Gasteiger partial charge on any atom is -0.491 e. The molecule has 1 fully saturated rings. The number of nitrogens with one attached hydrogen (secondary N) is 1. The molecule has 1 aromatic carbocycles. The Morgan fingerprint density at radius 2 is 2.22 bits per heavy atom. The maximum absolute atomic E-state index is 12.3. The Morgan fingerprint density at radius 3 is 2.91 bits per heavy atom. The fraction of sp³-hybridized carbons (Fsp3) is 0.429. The van der Waals surface area contributed by atoms with Crippen molar-refractivity contribution in [1.82, 2.24) is 25.1 Å². The van der Waals surface area contributed by atoms with Crippen LogP contribution in [0.2, 0.25) is 5.02 Å². The van der Waals surface area contributed by atoms with Crippen LogP contribution in [-0.2, 0) is 7.05 Å². The third-order valence-electron chi connectivity index (χ3n) is 3.62. The molecular weight excluding hydrogens is 320 g/mol. The lowest BCUT2D eigenvalue weighted by Gasteiger charge is -2.24. The molecule has 0 saturated carbocycles. The van der Waals surface area contributed by atoms with Crippen LogP contribution < -0.4 is 10.1 Å². The quantitative estimate of drug-likeness (QED) is 0.922. The highest BCUT2D eigenvalue weighted by Gasteiger charge is 2.30. The number of rotatable bonds is 4. The van der Waals surface area contributed by atoms with Crippen LogP contribution >= 0.6 is 11.6 Å². The van der Waals surface area contributed by atoms with Crippen molar-refractivity contribution in [3.8, 4) is 5.75 Å². The van der Waals surface area contributed by atoms with Crippen molar-refractivity contribution >= 4 is 23.6 Å². The summed E-state index contributed by atoms with van der Waals surface area (Å²) in [5.41, 5.74) is 0. The second-order valence-electron chi connectivity index (χ2n) is 5.29. The molecule has 9 heteroatoms. The number of hydrogen-bond acceptors (Lipinski definition) is 5. The summed E-state index contributed by atoms with van der Waals surface area (Å²) in [6.07, 6.45) is 1.84. The summed E-state index contributed by atoms with van der Waals surface area (Å²) >= 11 is 5.85. The van der Waals surface area contributed by atoms with Gasteiger partial charge < -0.3 is 9.64 Å². The molecule has 0 bridgehead atoms. The van der Waals surface area contributed by atoms with Crippen LogP contribution in [0.25, 0.3) is 0 Å². The van der Waals surface area contributed by atoms with Gasteiger partial charge in [-0.15, -0.1) is 5.10 Å². The fourth-order valence-electron chi connectivity index (χ4n) is 2.50. The summed E-state index contributed by atoms with van der Waals surface area (Å²) in [6, 6.07) is 6.95. The Hall–Kier alpha value is -2.35. The first kappa shape index (κ1) is 15.5. The third kappa shape index (κ3) is 3.89. The molecule has 122 valence electrons. The molecule has 2 aromatic rings. The molecule has 1 atom stereocenters. The van der Waals surface area contributed by atoms with Crippen molar-refractivity contribution in [3.05, 3.63) is 29.3 Å². The zero-order valence-electron chi connectivity index (χ0n) is 12.6. The summed E-state index contributed by atoms with van der Waals surface area (Å²) in [6.45, 7) is 1.11. The summed E-state index contributed by atoms with van der Waals surface area (Å²) in [5, 5.41) is 14.7. The van der Waals surface area contributed by atoms with Crippen LogP contribution in [0.15, 0.2) is 24.3 Å². The first-order valence-corrected chi connectivity index (χ1v) is 7.69. The molecule has 23 heavy (non-hydrogen) atoms. The number of nitrogens with zero attached hydrogens (tertiary/aromatic N) is 5. The van der Waals surface area contributed by atoms with Gasteiger partial charge in [0.05, 0.1) is 13.1 Å². The lowest BCUT2D eigenvalue weighted by atomic mass is 10.2. The van der Waals surface area contributed by atoms with Crippen molar-refractivity contribution in [1.29, 1.82) is 0 Å². The normalized spacial score (nSPS) is 17.3. The summed E-state index contributed by atoms with van der Waals surface area (Å²) in [7, 11) is 1.64. The zero-order chi connectivity index (χ0) is 16.2. The summed E-state index contributed by atoms with van der Waals surface area (Å²) in [4.78, 5) is 15.3. The second kappa shape index (κ2) is 6.82. The van der Waals surface area contributed by atoms with Crippen LogP contribution in [0.3, 0.4) is 0 Å². The van der Waals surface area contributed by atoms with Gasteiger partial charge in [0.1, 0.15) is 12.4 Å². The standard InChI is InChI=1S/C14H17ClN6O2/c1-20-18-13(17-19-20)16-14(22)21-8-2-3-11(21)9-23-12-6-4-10(15)5-7-12/h4-7,11H,2-3,8-9H2,1H3,(H,16,18,22). The first-order valence-electron chi connectivity index (χ1n) is 7.32. The predicted octanol–water partition coefficient (Wildman–Crippen LogP) is 1.94. The number of aromatic nitrogens is 4. The van der Waals surface area contributed by atoms with Crippen LogP contribution in [0, 0.1) is 0 Å². The van der Waals surface area contributed by atoms with Gasteiger partial charge in [0.25, 0.3) is 5.95 Å². The fourth-order valence-corrected chi connectivity index (χ4v) is 2.63. The lowest BCUT2D eigenvalue weighted by Crippen LogP contribution is -2.41. The van der Waals surface area contributed by atoms with Gasteiger partial charge in [0.15, 0.2) is 0 Å². The van der Waals surface area contributed by atoms with E-state index in [9.17, 15) is 4.79 Å². The number of ether oxygens (including phenoxy) is 1. The Balaban J connectivity index is 1.56. The highest BCUT2D eigenvalue weighted by atomic mass is 35.5. The van der Waals surface area contributed by atoms with E-state index < -0.39 is 0 Å². The van der Waals surface area contributed by atoms with Gasteiger partial charge in [0.2, 0.25) is 0 Å². The number of carbonyl (C=O) groups is 1. The number of hydrogen-bond donors (Lipinski definition) is 1. The predicted molar refractivity (Wildman–Crippen MR) is 84.5 cm³/mol. The summed E-state index contributed by atoms with van der Waals surface area (Å²) < 4.78 is 5.75. The molecule has 1 aliphatic heterocycles. The molecule has 0 aliphatic carbocycles. The van der Waals surface area contributed by atoms with Crippen LogP contribution in [-0.4, -0.2) is 50.3 Å². The topological polar surface area (TPSA) is 85.2 Å². The van der Waals surface area contributed by atoms with E-state index in [2.05, 4.69) is 20.7 Å². The van der Waals surface area contributed by atoms with Gasteiger partial charge in [-0.25, -0.2) is 4.79 Å². The molecule has 8 nitrogen and oxygen atoms in total. The Bertz CT molecular complexity index is 674. The van der Waals surface area contributed by atoms with E-state index >= 15 is 0 Å². The molecule has 1 unspecified atom stereocenters. The maximum atomic E-state index is 12.3. The van der Waals surface area contributed by atoms with E-state index in [1.807, 2.05) is 12.1 Å². The van der Waals surface area contributed by atoms with E-state index in [1.165, 1.54) is 4.80 Å². The number of tetrazole rings is 1. The molecule has 3 rings (SSSR count). The van der Waals surface area contributed by atoms with Crippen molar-refractivity contribution < 1.29 is 9.53 Å². The molecule has 1 saturated heterocycles. The largest absolute Gasteiger partial charge is 0.491 e. The average Bonchev–Trinajstić information content (AvgIpc) is 3.15. The van der Waals surface area contributed by atoms with Gasteiger partial charge in [-0.3, -0.25) is 5.32 Å². The van der Waals surface area contributed by atoms with Crippen LogP contribution in [0.4, 0.5) is 10.7 Å². The van der Waals surface area contributed by atoms with E-state index in [-0.39, 0.29) is 18.0 Å². The Labute approximate surface area is 138 Å². The van der Waals surface area contributed by atoms with Gasteiger partial charge in [0, 0.05) is 11.6 Å². The molecule has 1 aromatic heterocycles. The second-order valence-corrected chi connectivity index (χ2v) is 5.72.